The molecule has 0 N–H and O–H groups in total. The van der Waals surface area contributed by atoms with E-state index < -0.39 is 4.92 Å². The maximum atomic E-state index is 12.8. The van der Waals surface area contributed by atoms with Crippen LogP contribution in [0.3, 0.4) is 0 Å². The first-order valence-electron chi connectivity index (χ1n) is 8.56. The first kappa shape index (κ1) is 17.4. The molecule has 0 saturated heterocycles. The molecule has 7 heteroatoms. The minimum atomic E-state index is -0.529. The van der Waals surface area contributed by atoms with Crippen molar-refractivity contribution >= 4 is 16.6 Å². The Bertz CT molecular complexity index is 1220. The highest BCUT2D eigenvalue weighted by Gasteiger charge is 2.12. The van der Waals surface area contributed by atoms with Crippen molar-refractivity contribution in [1.82, 2.24) is 9.55 Å². The largest absolute Gasteiger partial charge is 0.457 e. The zero-order valence-electron chi connectivity index (χ0n) is 14.7. The third-order valence-electron chi connectivity index (χ3n) is 4.30. The van der Waals surface area contributed by atoms with Gasteiger partial charge in [0.25, 0.3) is 11.2 Å². The molecule has 1 aromatic heterocycles. The Labute approximate surface area is 159 Å². The summed E-state index contributed by atoms with van der Waals surface area (Å²) in [6.07, 6.45) is 1.44. The summed E-state index contributed by atoms with van der Waals surface area (Å²) >= 11 is 0. The van der Waals surface area contributed by atoms with Gasteiger partial charge in [-0.3, -0.25) is 19.5 Å². The number of nitro benzene ring substituents is 1. The van der Waals surface area contributed by atoms with E-state index in [4.69, 9.17) is 4.74 Å². The Balaban J connectivity index is 1.72. The Morgan fingerprint density at radius 2 is 1.75 bits per heavy atom. The van der Waals surface area contributed by atoms with Gasteiger partial charge in [0, 0.05) is 17.7 Å². The fourth-order valence-electron chi connectivity index (χ4n) is 2.91. The summed E-state index contributed by atoms with van der Waals surface area (Å²) in [6.45, 7) is 0.230. The predicted octanol–water partition coefficient (Wildman–Crippen LogP) is 4.15. The fraction of sp³-hybridized carbons (Fsp3) is 0.0476. The third-order valence-corrected chi connectivity index (χ3v) is 4.30. The number of benzene rings is 3. The van der Waals surface area contributed by atoms with Crippen LogP contribution in [-0.2, 0) is 6.54 Å². The zero-order valence-corrected chi connectivity index (χ0v) is 14.7. The van der Waals surface area contributed by atoms with Gasteiger partial charge in [0.1, 0.15) is 11.5 Å². The van der Waals surface area contributed by atoms with E-state index in [0.29, 0.717) is 17.0 Å². The second-order valence-corrected chi connectivity index (χ2v) is 6.16. The molecule has 28 heavy (non-hydrogen) atoms. The van der Waals surface area contributed by atoms with E-state index in [9.17, 15) is 14.9 Å². The number of hydrogen-bond donors (Lipinski definition) is 0. The normalized spacial score (nSPS) is 10.7. The van der Waals surface area contributed by atoms with Crippen LogP contribution >= 0.6 is 0 Å². The van der Waals surface area contributed by atoms with Gasteiger partial charge < -0.3 is 4.74 Å². The minimum absolute atomic E-state index is 0.142. The lowest BCUT2D eigenvalue weighted by Gasteiger charge is -2.12. The maximum absolute atomic E-state index is 12.8. The van der Waals surface area contributed by atoms with Crippen LogP contribution in [0.25, 0.3) is 10.9 Å². The molecule has 0 bridgehead atoms. The summed E-state index contributed by atoms with van der Waals surface area (Å²) in [6, 6.07) is 20.8. The molecule has 4 aromatic rings. The van der Waals surface area contributed by atoms with Crippen molar-refractivity contribution in [3.8, 4) is 11.5 Å². The lowest BCUT2D eigenvalue weighted by molar-refractivity contribution is -0.384. The van der Waals surface area contributed by atoms with Gasteiger partial charge in [-0.1, -0.05) is 36.4 Å². The van der Waals surface area contributed by atoms with Crippen LogP contribution in [0, 0.1) is 10.1 Å². The average molecular weight is 373 g/mol. The Morgan fingerprint density at radius 3 is 2.54 bits per heavy atom. The second kappa shape index (κ2) is 7.32. The maximum Gasteiger partial charge on any atom is 0.270 e. The smallest absolute Gasteiger partial charge is 0.270 e. The molecule has 138 valence electrons. The SMILES string of the molecule is O=c1c2cc([N+](=O)[O-])ccc2ncn1Cc1ccccc1Oc1ccccc1. The number of aromatic nitrogens is 2. The number of non-ortho nitro benzene ring substituents is 1. The van der Waals surface area contributed by atoms with Crippen molar-refractivity contribution in [2.75, 3.05) is 0 Å². The topological polar surface area (TPSA) is 87.3 Å². The monoisotopic (exact) mass is 373 g/mol. The third kappa shape index (κ3) is 3.45. The van der Waals surface area contributed by atoms with Gasteiger partial charge in [0.15, 0.2) is 0 Å². The molecular weight excluding hydrogens is 358 g/mol. The highest BCUT2D eigenvalue weighted by molar-refractivity contribution is 5.79. The van der Waals surface area contributed by atoms with Gasteiger partial charge in [-0.05, 0) is 24.3 Å². The molecule has 0 amide bonds. The minimum Gasteiger partial charge on any atom is -0.457 e. The number of hydrogen-bond acceptors (Lipinski definition) is 5. The lowest BCUT2D eigenvalue weighted by atomic mass is 10.2. The number of fused-ring (bicyclic) bond motifs is 1. The summed E-state index contributed by atoms with van der Waals surface area (Å²) in [5.74, 6) is 1.31. The van der Waals surface area contributed by atoms with Crippen LogP contribution in [0.1, 0.15) is 5.56 Å². The van der Waals surface area contributed by atoms with Gasteiger partial charge in [0.2, 0.25) is 0 Å². The molecule has 0 atom stereocenters. The quantitative estimate of drug-likeness (QED) is 0.387. The van der Waals surface area contributed by atoms with E-state index in [1.54, 1.807) is 0 Å². The van der Waals surface area contributed by atoms with Crippen LogP contribution in [0.15, 0.2) is 83.9 Å². The van der Waals surface area contributed by atoms with Crippen molar-refractivity contribution in [3.63, 3.8) is 0 Å². The summed E-state index contributed by atoms with van der Waals surface area (Å²) in [5, 5.41) is 11.2. The lowest BCUT2D eigenvalue weighted by Crippen LogP contribution is -2.21. The standard InChI is InChI=1S/C21H15N3O4/c25-21-18-12-16(24(26)27)10-11-19(18)22-14-23(21)13-15-6-4-5-9-20(15)28-17-7-2-1-3-8-17/h1-12,14H,13H2. The van der Waals surface area contributed by atoms with Crippen molar-refractivity contribution in [1.29, 1.82) is 0 Å². The molecule has 4 rings (SSSR count). The van der Waals surface area contributed by atoms with E-state index in [2.05, 4.69) is 4.98 Å². The molecule has 3 aromatic carbocycles. The average Bonchev–Trinajstić information content (AvgIpc) is 2.72. The van der Waals surface area contributed by atoms with Crippen LogP contribution < -0.4 is 10.3 Å². The molecule has 0 unspecified atom stereocenters. The fourth-order valence-corrected chi connectivity index (χ4v) is 2.91. The van der Waals surface area contributed by atoms with E-state index in [1.165, 1.54) is 29.1 Å². The highest BCUT2D eigenvalue weighted by Crippen LogP contribution is 2.25. The molecule has 1 heterocycles. The summed E-state index contributed by atoms with van der Waals surface area (Å²) < 4.78 is 7.35. The van der Waals surface area contributed by atoms with E-state index in [1.807, 2.05) is 54.6 Å². The van der Waals surface area contributed by atoms with E-state index in [-0.39, 0.29) is 23.2 Å². The van der Waals surface area contributed by atoms with E-state index in [0.717, 1.165) is 5.56 Å². The number of rotatable bonds is 5. The second-order valence-electron chi connectivity index (χ2n) is 6.16. The summed E-state index contributed by atoms with van der Waals surface area (Å²) in [7, 11) is 0. The van der Waals surface area contributed by atoms with Crippen molar-refractivity contribution < 1.29 is 9.66 Å². The van der Waals surface area contributed by atoms with Gasteiger partial charge in [-0.2, -0.15) is 0 Å². The van der Waals surface area contributed by atoms with Crippen molar-refractivity contribution in [3.05, 3.63) is 105 Å². The summed E-state index contributed by atoms with van der Waals surface area (Å²) in [5.41, 5.74) is 0.723. The number of nitrogens with zero attached hydrogens (tertiary/aromatic N) is 3. The predicted molar refractivity (Wildman–Crippen MR) is 105 cm³/mol. The van der Waals surface area contributed by atoms with Gasteiger partial charge in [-0.25, -0.2) is 4.98 Å². The highest BCUT2D eigenvalue weighted by atomic mass is 16.6. The van der Waals surface area contributed by atoms with Gasteiger partial charge >= 0.3 is 0 Å². The van der Waals surface area contributed by atoms with Crippen molar-refractivity contribution in [2.24, 2.45) is 0 Å². The van der Waals surface area contributed by atoms with E-state index >= 15 is 0 Å². The first-order valence-corrected chi connectivity index (χ1v) is 8.56. The molecular formula is C21H15N3O4. The van der Waals surface area contributed by atoms with Gasteiger partial charge in [-0.15, -0.1) is 0 Å². The number of nitro groups is 1. The van der Waals surface area contributed by atoms with Crippen LogP contribution in [0.5, 0.6) is 11.5 Å². The number of para-hydroxylation sites is 2. The van der Waals surface area contributed by atoms with Gasteiger partial charge in [0.05, 0.1) is 28.7 Å². The Morgan fingerprint density at radius 1 is 1.00 bits per heavy atom. The molecule has 0 fully saturated rings. The van der Waals surface area contributed by atoms with Crippen LogP contribution in [0.2, 0.25) is 0 Å². The Kier molecular flexibility index (Phi) is 4.55. The first-order chi connectivity index (χ1) is 13.6. The molecule has 0 aliphatic carbocycles. The molecule has 0 aliphatic rings. The summed E-state index contributed by atoms with van der Waals surface area (Å²) in [4.78, 5) is 27.6. The van der Waals surface area contributed by atoms with Crippen LogP contribution in [-0.4, -0.2) is 14.5 Å². The van der Waals surface area contributed by atoms with Crippen molar-refractivity contribution in [2.45, 2.75) is 6.54 Å². The molecule has 0 saturated carbocycles. The molecule has 0 aliphatic heterocycles. The Hall–Kier alpha value is -4.00. The molecule has 0 radical (unpaired) electrons. The molecule has 0 spiro atoms. The number of ether oxygens (including phenoxy) is 1. The molecule has 7 nitrogen and oxygen atoms in total. The zero-order chi connectivity index (χ0) is 19.5. The van der Waals surface area contributed by atoms with Crippen LogP contribution in [0.4, 0.5) is 5.69 Å².